The monoisotopic (exact) mass is 497 g/mol. The first-order chi connectivity index (χ1) is 15.5. The maximum absolute atomic E-state index is 11.7. The Kier molecular flexibility index (Phi) is 7.43. The lowest BCUT2D eigenvalue weighted by atomic mass is 10.1. The van der Waals surface area contributed by atoms with E-state index in [2.05, 4.69) is 42.3 Å². The normalized spacial score (nSPS) is 18.5. The minimum absolute atomic E-state index is 0.357. The fraction of sp³-hybridized carbons (Fsp3) is 0.611. The first-order valence-electron chi connectivity index (χ1n) is 10.2. The summed E-state index contributed by atoms with van der Waals surface area (Å²) in [5, 5.41) is 11.1. The van der Waals surface area contributed by atoms with Crippen molar-refractivity contribution in [2.45, 2.75) is 47.4 Å². The third kappa shape index (κ3) is 5.47. The van der Waals surface area contributed by atoms with E-state index in [1.807, 2.05) is 0 Å². The lowest BCUT2D eigenvalue weighted by Crippen LogP contribution is -2.27. The van der Waals surface area contributed by atoms with Gasteiger partial charge in [-0.2, -0.15) is 8.75 Å². The number of esters is 2. The van der Waals surface area contributed by atoms with E-state index >= 15 is 0 Å². The second-order valence-corrected chi connectivity index (χ2v) is 10.3. The van der Waals surface area contributed by atoms with Crippen LogP contribution in [-0.2, 0) is 26.1 Å². The van der Waals surface area contributed by atoms with Crippen LogP contribution in [0.15, 0.2) is 16.3 Å². The second-order valence-electron chi connectivity index (χ2n) is 7.48. The van der Waals surface area contributed by atoms with Crippen molar-refractivity contribution in [2.24, 2.45) is 7.05 Å². The number of ether oxygens (including phenoxy) is 2. The van der Waals surface area contributed by atoms with E-state index in [0.29, 0.717) is 18.0 Å². The SMILES string of the molecule is CN1CCC=C(c2nsnc2SCCCCCC2(Sc3nnnn3C)OC(=O)C(=O)O2)C1. The number of carbonyl (C=O) groups excluding carboxylic acids is 2. The Bertz CT molecular complexity index is 992. The summed E-state index contributed by atoms with van der Waals surface area (Å²) in [4.78, 5) is 25.6. The van der Waals surface area contributed by atoms with Crippen LogP contribution in [0.25, 0.3) is 5.57 Å². The minimum Gasteiger partial charge on any atom is -0.404 e. The number of aryl methyl sites for hydroxylation is 1. The number of hydrogen-bond donors (Lipinski definition) is 0. The number of carbonyl (C=O) groups is 2. The van der Waals surface area contributed by atoms with Gasteiger partial charge in [-0.25, -0.2) is 14.3 Å². The summed E-state index contributed by atoms with van der Waals surface area (Å²) in [7, 11) is 3.78. The maximum Gasteiger partial charge on any atom is 0.421 e. The summed E-state index contributed by atoms with van der Waals surface area (Å²) >= 11 is 3.99. The highest BCUT2D eigenvalue weighted by Gasteiger charge is 2.50. The van der Waals surface area contributed by atoms with Gasteiger partial charge in [0.2, 0.25) is 5.16 Å². The van der Waals surface area contributed by atoms with E-state index in [1.54, 1.807) is 18.8 Å². The minimum atomic E-state index is -1.42. The average Bonchev–Trinajstić information content (AvgIpc) is 3.45. The summed E-state index contributed by atoms with van der Waals surface area (Å²) in [5.41, 5.74) is 2.25. The first-order valence-corrected chi connectivity index (χ1v) is 12.7. The van der Waals surface area contributed by atoms with E-state index in [9.17, 15) is 9.59 Å². The second kappa shape index (κ2) is 10.3. The number of cyclic esters (lactones) is 2. The van der Waals surface area contributed by atoms with Gasteiger partial charge in [-0.05, 0) is 48.1 Å². The molecular formula is C18H23N7O4S3. The largest absolute Gasteiger partial charge is 0.421 e. The Morgan fingerprint density at radius 3 is 2.69 bits per heavy atom. The molecule has 0 aliphatic carbocycles. The molecule has 0 unspecified atom stereocenters. The first kappa shape index (κ1) is 23.1. The molecule has 1 saturated heterocycles. The number of unbranched alkanes of at least 4 members (excludes halogenated alkanes) is 2. The maximum atomic E-state index is 11.7. The van der Waals surface area contributed by atoms with Gasteiger partial charge in [0.1, 0.15) is 10.7 Å². The van der Waals surface area contributed by atoms with Crippen molar-refractivity contribution in [3.05, 3.63) is 11.8 Å². The quantitative estimate of drug-likeness (QED) is 0.206. The molecular weight excluding hydrogens is 474 g/mol. The molecule has 11 nitrogen and oxygen atoms in total. The third-order valence-electron chi connectivity index (χ3n) is 4.96. The molecule has 2 aromatic rings. The molecule has 0 bridgehead atoms. The molecule has 14 heteroatoms. The van der Waals surface area contributed by atoms with Crippen LogP contribution >= 0.6 is 35.3 Å². The van der Waals surface area contributed by atoms with Gasteiger partial charge < -0.3 is 14.4 Å². The number of rotatable bonds is 10. The van der Waals surface area contributed by atoms with Gasteiger partial charge >= 0.3 is 17.1 Å². The zero-order valence-electron chi connectivity index (χ0n) is 17.7. The van der Waals surface area contributed by atoms with Gasteiger partial charge in [0.05, 0.1) is 11.7 Å². The van der Waals surface area contributed by atoms with E-state index in [1.165, 1.54) is 22.0 Å². The molecule has 0 spiro atoms. The molecule has 0 N–H and O–H groups in total. The number of nitrogens with zero attached hydrogens (tertiary/aromatic N) is 7. The molecule has 2 aromatic heterocycles. The fourth-order valence-electron chi connectivity index (χ4n) is 3.35. The molecule has 4 rings (SSSR count). The van der Waals surface area contributed by atoms with Crippen LogP contribution in [0.2, 0.25) is 0 Å². The van der Waals surface area contributed by atoms with Crippen LogP contribution in [-0.4, -0.2) is 76.8 Å². The number of thioether (sulfide) groups is 2. The van der Waals surface area contributed by atoms with Gasteiger partial charge in [0.15, 0.2) is 0 Å². The van der Waals surface area contributed by atoms with Crippen LogP contribution in [0.1, 0.15) is 37.8 Å². The van der Waals surface area contributed by atoms with E-state index in [-0.39, 0.29) is 0 Å². The predicted molar refractivity (Wildman–Crippen MR) is 119 cm³/mol. The zero-order chi connectivity index (χ0) is 22.6. The standard InChI is InChI=1S/C18H23N7O4S3/c1-24-9-6-7-12(11-24)13-14(21-32-20-13)30-10-5-3-4-8-18(28-15(26)16(27)29-18)31-17-19-22-23-25(17)2/h7H,3-6,8-11H2,1-2H3. The molecule has 0 amide bonds. The van der Waals surface area contributed by atoms with Crippen molar-refractivity contribution < 1.29 is 19.1 Å². The van der Waals surface area contributed by atoms with Crippen molar-refractivity contribution in [3.8, 4) is 0 Å². The van der Waals surface area contributed by atoms with Crippen molar-refractivity contribution in [1.82, 2.24) is 33.9 Å². The summed E-state index contributed by atoms with van der Waals surface area (Å²) in [5.74, 6) is -1.09. The molecule has 4 heterocycles. The zero-order valence-corrected chi connectivity index (χ0v) is 20.2. The van der Waals surface area contributed by atoms with Crippen molar-refractivity contribution in [1.29, 1.82) is 0 Å². The van der Waals surface area contributed by atoms with E-state index in [0.717, 1.165) is 60.6 Å². The summed E-state index contributed by atoms with van der Waals surface area (Å²) in [6, 6.07) is 0. The van der Waals surface area contributed by atoms with Crippen LogP contribution in [0, 0.1) is 0 Å². The van der Waals surface area contributed by atoms with Crippen LogP contribution < -0.4 is 0 Å². The van der Waals surface area contributed by atoms with Gasteiger partial charge in [-0.15, -0.1) is 16.9 Å². The van der Waals surface area contributed by atoms with Crippen molar-refractivity contribution >= 4 is 52.8 Å². The fourth-order valence-corrected chi connectivity index (χ4v) is 6.07. The average molecular weight is 498 g/mol. The topological polar surface area (TPSA) is 125 Å². The van der Waals surface area contributed by atoms with Gasteiger partial charge in [-0.3, -0.25) is 0 Å². The number of aromatic nitrogens is 6. The summed E-state index contributed by atoms with van der Waals surface area (Å²) < 4.78 is 20.9. The number of hydrogen-bond acceptors (Lipinski definition) is 13. The Morgan fingerprint density at radius 1 is 1.16 bits per heavy atom. The van der Waals surface area contributed by atoms with Crippen LogP contribution in [0.3, 0.4) is 0 Å². The highest BCUT2D eigenvalue weighted by Crippen LogP contribution is 2.41. The molecule has 172 valence electrons. The van der Waals surface area contributed by atoms with E-state index in [4.69, 9.17) is 9.47 Å². The molecule has 2 aliphatic rings. The van der Waals surface area contributed by atoms with Gasteiger partial charge in [0.25, 0.3) is 0 Å². The third-order valence-corrected chi connectivity index (χ3v) is 7.87. The Balaban J connectivity index is 1.25. The highest BCUT2D eigenvalue weighted by atomic mass is 32.2. The lowest BCUT2D eigenvalue weighted by Gasteiger charge is -2.23. The Hall–Kier alpha value is -2.03. The molecule has 1 fully saturated rings. The number of likely N-dealkylation sites (N-methyl/N-ethyl adjacent to an activating group) is 1. The Morgan fingerprint density at radius 2 is 1.97 bits per heavy atom. The molecule has 0 atom stereocenters. The van der Waals surface area contributed by atoms with Crippen LogP contribution in [0.5, 0.6) is 0 Å². The Labute approximate surface area is 197 Å². The van der Waals surface area contributed by atoms with E-state index < -0.39 is 17.1 Å². The van der Waals surface area contributed by atoms with Crippen LogP contribution in [0.4, 0.5) is 0 Å². The highest BCUT2D eigenvalue weighted by molar-refractivity contribution is 8.00. The molecule has 0 radical (unpaired) electrons. The molecule has 0 aromatic carbocycles. The predicted octanol–water partition coefficient (Wildman–Crippen LogP) is 1.98. The number of tetrazole rings is 1. The lowest BCUT2D eigenvalue weighted by molar-refractivity contribution is -0.150. The van der Waals surface area contributed by atoms with Gasteiger partial charge in [0, 0.05) is 38.3 Å². The summed E-state index contributed by atoms with van der Waals surface area (Å²) in [6.45, 7) is 1.97. The van der Waals surface area contributed by atoms with Crippen molar-refractivity contribution in [3.63, 3.8) is 0 Å². The smallest absolute Gasteiger partial charge is 0.404 e. The molecule has 0 saturated carbocycles. The summed E-state index contributed by atoms with van der Waals surface area (Å²) in [6.07, 6.45) is 6.17. The van der Waals surface area contributed by atoms with Crippen molar-refractivity contribution in [2.75, 3.05) is 25.9 Å². The molecule has 32 heavy (non-hydrogen) atoms. The van der Waals surface area contributed by atoms with Gasteiger partial charge in [-0.1, -0.05) is 12.5 Å². The molecule has 2 aliphatic heterocycles.